The van der Waals surface area contributed by atoms with Gasteiger partial charge in [0.2, 0.25) is 0 Å². The summed E-state index contributed by atoms with van der Waals surface area (Å²) in [5, 5.41) is 4.55. The van der Waals surface area contributed by atoms with Crippen molar-refractivity contribution >= 4 is 5.65 Å². The summed E-state index contributed by atoms with van der Waals surface area (Å²) in [6, 6.07) is 11.3. The maximum atomic E-state index is 6.02. The number of aryl methyl sites for hydroxylation is 1. The predicted molar refractivity (Wildman–Crippen MR) is 115 cm³/mol. The summed E-state index contributed by atoms with van der Waals surface area (Å²) < 4.78 is 8.01. The Morgan fingerprint density at radius 1 is 1.07 bits per heavy atom. The maximum Gasteiger partial charge on any atom is 0.155 e. The Kier molecular flexibility index (Phi) is 5.23. The number of likely N-dealkylation sites (tertiary alicyclic amines) is 1. The molecule has 29 heavy (non-hydrogen) atoms. The lowest BCUT2D eigenvalue weighted by atomic mass is 9.92. The van der Waals surface area contributed by atoms with Crippen molar-refractivity contribution in [3.63, 3.8) is 0 Å². The minimum Gasteiger partial charge on any atom is -0.494 e. The van der Waals surface area contributed by atoms with Gasteiger partial charge in [-0.25, -0.2) is 9.50 Å². The molecule has 5 rings (SSSR count). The van der Waals surface area contributed by atoms with E-state index in [4.69, 9.17) is 9.72 Å². The van der Waals surface area contributed by atoms with E-state index in [0.29, 0.717) is 0 Å². The van der Waals surface area contributed by atoms with Crippen molar-refractivity contribution in [3.8, 4) is 17.0 Å². The van der Waals surface area contributed by atoms with Gasteiger partial charge in [0.15, 0.2) is 5.65 Å². The molecule has 1 atom stereocenters. The van der Waals surface area contributed by atoms with Crippen LogP contribution in [0.25, 0.3) is 16.9 Å². The van der Waals surface area contributed by atoms with Crippen molar-refractivity contribution in [3.05, 3.63) is 47.8 Å². The van der Waals surface area contributed by atoms with E-state index in [0.717, 1.165) is 49.9 Å². The van der Waals surface area contributed by atoms with Crippen molar-refractivity contribution in [2.24, 2.45) is 0 Å². The molecule has 5 nitrogen and oxygen atoms in total. The quantitative estimate of drug-likeness (QED) is 0.580. The van der Waals surface area contributed by atoms with Gasteiger partial charge in [-0.15, -0.1) is 0 Å². The van der Waals surface area contributed by atoms with Gasteiger partial charge in [0.25, 0.3) is 0 Å². The Morgan fingerprint density at radius 2 is 1.93 bits per heavy atom. The van der Waals surface area contributed by atoms with E-state index < -0.39 is 0 Å². The lowest BCUT2D eigenvalue weighted by Crippen LogP contribution is -2.28. The van der Waals surface area contributed by atoms with E-state index in [1.165, 1.54) is 54.7 Å². The smallest absolute Gasteiger partial charge is 0.155 e. The summed E-state index contributed by atoms with van der Waals surface area (Å²) in [6.07, 6.45) is 10.2. The second-order valence-electron chi connectivity index (χ2n) is 8.45. The van der Waals surface area contributed by atoms with Gasteiger partial charge in [0.05, 0.1) is 18.5 Å². The summed E-state index contributed by atoms with van der Waals surface area (Å²) in [5.41, 5.74) is 5.94. The molecule has 2 aromatic heterocycles. The molecule has 0 spiro atoms. The fourth-order valence-corrected chi connectivity index (χ4v) is 4.88. The Hall–Kier alpha value is -2.40. The molecule has 1 aliphatic carbocycles. The van der Waals surface area contributed by atoms with E-state index in [2.05, 4.69) is 41.2 Å². The lowest BCUT2D eigenvalue weighted by molar-refractivity contribution is 0.230. The molecule has 1 saturated heterocycles. The standard InChI is InChI=1S/C24H30N4O/c1-18-6-4-15-27(18)16-5-17-29-20-11-9-19(10-12-20)24-21-7-2-3-8-22(21)26-23-13-14-25-28(23)24/h9-14,18H,2-8,15-17H2,1H3/t18-/m1/s1. The maximum absolute atomic E-state index is 6.02. The third-order valence-electron chi connectivity index (χ3n) is 6.49. The summed E-state index contributed by atoms with van der Waals surface area (Å²) in [4.78, 5) is 7.42. The van der Waals surface area contributed by atoms with Crippen LogP contribution in [-0.4, -0.2) is 45.2 Å². The van der Waals surface area contributed by atoms with Crippen LogP contribution in [0.2, 0.25) is 0 Å². The first kappa shape index (κ1) is 18.6. The Morgan fingerprint density at radius 3 is 2.76 bits per heavy atom. The molecule has 2 aliphatic rings. The molecule has 0 unspecified atom stereocenters. The molecule has 3 aromatic rings. The zero-order chi connectivity index (χ0) is 19.6. The highest BCUT2D eigenvalue weighted by atomic mass is 16.5. The largest absolute Gasteiger partial charge is 0.494 e. The van der Waals surface area contributed by atoms with Crippen LogP contribution < -0.4 is 4.74 Å². The second-order valence-corrected chi connectivity index (χ2v) is 8.45. The van der Waals surface area contributed by atoms with Gasteiger partial charge in [-0.05, 0) is 82.7 Å². The Labute approximate surface area is 172 Å². The van der Waals surface area contributed by atoms with Crippen LogP contribution >= 0.6 is 0 Å². The van der Waals surface area contributed by atoms with Crippen LogP contribution in [0.4, 0.5) is 0 Å². The number of hydrogen-bond donors (Lipinski definition) is 0. The van der Waals surface area contributed by atoms with Crippen LogP contribution in [-0.2, 0) is 12.8 Å². The molecule has 1 aliphatic heterocycles. The highest BCUT2D eigenvalue weighted by molar-refractivity contribution is 5.68. The summed E-state index contributed by atoms with van der Waals surface area (Å²) >= 11 is 0. The topological polar surface area (TPSA) is 42.7 Å². The molecular formula is C24H30N4O. The molecule has 0 radical (unpaired) electrons. The number of aromatic nitrogens is 3. The van der Waals surface area contributed by atoms with Crippen molar-refractivity contribution in [2.45, 2.75) is 57.9 Å². The average molecular weight is 391 g/mol. The molecule has 0 bridgehead atoms. The molecular weight excluding hydrogens is 360 g/mol. The van der Waals surface area contributed by atoms with Crippen molar-refractivity contribution < 1.29 is 4.74 Å². The minimum atomic E-state index is 0.736. The number of fused-ring (bicyclic) bond motifs is 2. The van der Waals surface area contributed by atoms with E-state index in [-0.39, 0.29) is 0 Å². The van der Waals surface area contributed by atoms with Crippen LogP contribution in [0.3, 0.4) is 0 Å². The monoisotopic (exact) mass is 390 g/mol. The highest BCUT2D eigenvalue weighted by Crippen LogP contribution is 2.32. The summed E-state index contributed by atoms with van der Waals surface area (Å²) in [5.74, 6) is 0.947. The van der Waals surface area contributed by atoms with E-state index >= 15 is 0 Å². The number of rotatable bonds is 6. The number of benzene rings is 1. The third-order valence-corrected chi connectivity index (χ3v) is 6.49. The molecule has 1 fully saturated rings. The molecule has 5 heteroatoms. The molecule has 0 amide bonds. The van der Waals surface area contributed by atoms with E-state index in [9.17, 15) is 0 Å². The SMILES string of the molecule is C[C@@H]1CCCN1CCCOc1ccc(-c2c3c(nc4ccnn24)CCCC3)cc1. The molecule has 0 saturated carbocycles. The van der Waals surface area contributed by atoms with Gasteiger partial charge < -0.3 is 9.64 Å². The highest BCUT2D eigenvalue weighted by Gasteiger charge is 2.20. The van der Waals surface area contributed by atoms with E-state index in [1.807, 2.05) is 16.8 Å². The van der Waals surface area contributed by atoms with Crippen molar-refractivity contribution in [2.75, 3.05) is 19.7 Å². The first-order chi connectivity index (χ1) is 14.3. The van der Waals surface area contributed by atoms with Gasteiger partial charge in [-0.1, -0.05) is 0 Å². The zero-order valence-electron chi connectivity index (χ0n) is 17.3. The van der Waals surface area contributed by atoms with Crippen molar-refractivity contribution in [1.29, 1.82) is 0 Å². The first-order valence-corrected chi connectivity index (χ1v) is 11.1. The van der Waals surface area contributed by atoms with E-state index in [1.54, 1.807) is 0 Å². The minimum absolute atomic E-state index is 0.736. The number of hydrogen-bond acceptors (Lipinski definition) is 4. The predicted octanol–water partition coefficient (Wildman–Crippen LogP) is 4.53. The zero-order valence-corrected chi connectivity index (χ0v) is 17.3. The van der Waals surface area contributed by atoms with Gasteiger partial charge in [-0.3, -0.25) is 0 Å². The number of ether oxygens (including phenoxy) is 1. The fraction of sp³-hybridized carbons (Fsp3) is 0.500. The van der Waals surface area contributed by atoms with Gasteiger partial charge >= 0.3 is 0 Å². The Balaban J connectivity index is 1.30. The molecule has 152 valence electrons. The van der Waals surface area contributed by atoms with Crippen molar-refractivity contribution in [1.82, 2.24) is 19.5 Å². The summed E-state index contributed by atoms with van der Waals surface area (Å²) in [7, 11) is 0. The normalized spacial score (nSPS) is 19.6. The van der Waals surface area contributed by atoms with Crippen LogP contribution in [0.5, 0.6) is 5.75 Å². The molecule has 0 N–H and O–H groups in total. The van der Waals surface area contributed by atoms with Crippen LogP contribution in [0.1, 0.15) is 50.3 Å². The van der Waals surface area contributed by atoms with Gasteiger partial charge in [0, 0.05) is 35.5 Å². The third kappa shape index (κ3) is 3.76. The first-order valence-electron chi connectivity index (χ1n) is 11.1. The molecule has 3 heterocycles. The lowest BCUT2D eigenvalue weighted by Gasteiger charge is -2.21. The van der Waals surface area contributed by atoms with Crippen LogP contribution in [0.15, 0.2) is 36.5 Å². The average Bonchev–Trinajstić information content (AvgIpc) is 3.38. The number of nitrogens with zero attached hydrogens (tertiary/aromatic N) is 4. The van der Waals surface area contributed by atoms with Gasteiger partial charge in [0.1, 0.15) is 5.75 Å². The Bertz CT molecular complexity index is 978. The fourth-order valence-electron chi connectivity index (χ4n) is 4.88. The van der Waals surface area contributed by atoms with Crippen LogP contribution in [0, 0.1) is 0 Å². The molecule has 1 aromatic carbocycles. The van der Waals surface area contributed by atoms with Gasteiger partial charge in [-0.2, -0.15) is 5.10 Å². The summed E-state index contributed by atoms with van der Waals surface area (Å²) in [6.45, 7) is 5.49. The second kappa shape index (κ2) is 8.15.